The first-order chi connectivity index (χ1) is 8.15. The van der Waals surface area contributed by atoms with Crippen molar-refractivity contribution >= 4 is 11.3 Å². The quantitative estimate of drug-likeness (QED) is 0.879. The second kappa shape index (κ2) is 5.20. The molecule has 0 atom stereocenters. The second-order valence-electron chi connectivity index (χ2n) is 3.53. The number of halogens is 2. The van der Waals surface area contributed by atoms with Gasteiger partial charge in [-0.1, -0.05) is 17.4 Å². The number of thiazole rings is 1. The average molecular weight is 256 g/mol. The lowest BCUT2D eigenvalue weighted by molar-refractivity contribution is 0.506. The predicted molar refractivity (Wildman–Crippen MR) is 61.8 cm³/mol. The Bertz CT molecular complexity index is 565. The van der Waals surface area contributed by atoms with Crippen molar-refractivity contribution in [1.82, 2.24) is 10.3 Å². The number of aromatic nitrogens is 1. The van der Waals surface area contributed by atoms with Gasteiger partial charge >= 0.3 is 4.87 Å². The summed E-state index contributed by atoms with van der Waals surface area (Å²) in [7, 11) is 0. The lowest BCUT2D eigenvalue weighted by atomic mass is 10.2. The van der Waals surface area contributed by atoms with Crippen molar-refractivity contribution in [3.63, 3.8) is 0 Å². The van der Waals surface area contributed by atoms with Crippen molar-refractivity contribution in [2.75, 3.05) is 0 Å². The third-order valence-electron chi connectivity index (χ3n) is 2.20. The van der Waals surface area contributed by atoms with Crippen molar-refractivity contribution in [1.29, 1.82) is 0 Å². The highest BCUT2D eigenvalue weighted by molar-refractivity contribution is 7.07. The Labute approximate surface area is 100 Å². The van der Waals surface area contributed by atoms with Crippen LogP contribution < -0.4 is 10.2 Å². The smallest absolute Gasteiger partial charge is 0.304 e. The highest BCUT2D eigenvalue weighted by Gasteiger charge is 2.02. The van der Waals surface area contributed by atoms with Crippen LogP contribution >= 0.6 is 11.3 Å². The minimum Gasteiger partial charge on any atom is -0.315 e. The molecule has 0 aliphatic heterocycles. The summed E-state index contributed by atoms with van der Waals surface area (Å²) in [4.78, 5) is 13.4. The lowest BCUT2D eigenvalue weighted by Gasteiger charge is -2.03. The molecule has 0 bridgehead atoms. The Hall–Kier alpha value is -1.53. The minimum absolute atomic E-state index is 0.102. The van der Waals surface area contributed by atoms with Crippen LogP contribution in [0.4, 0.5) is 8.78 Å². The number of rotatable bonds is 4. The number of hydrogen-bond donors (Lipinski definition) is 2. The largest absolute Gasteiger partial charge is 0.315 e. The van der Waals surface area contributed by atoms with Gasteiger partial charge in [0, 0.05) is 24.2 Å². The molecule has 2 rings (SSSR count). The molecule has 0 aliphatic carbocycles. The molecule has 0 aliphatic rings. The molecular weight excluding hydrogens is 246 g/mol. The zero-order valence-electron chi connectivity index (χ0n) is 8.80. The Balaban J connectivity index is 1.89. The van der Waals surface area contributed by atoms with E-state index in [0.717, 1.165) is 29.2 Å². The van der Waals surface area contributed by atoms with Crippen molar-refractivity contribution in [3.05, 3.63) is 56.1 Å². The molecule has 0 saturated carbocycles. The van der Waals surface area contributed by atoms with Gasteiger partial charge in [-0.15, -0.1) is 0 Å². The van der Waals surface area contributed by atoms with Gasteiger partial charge in [0.05, 0.1) is 0 Å². The molecule has 0 amide bonds. The van der Waals surface area contributed by atoms with Gasteiger partial charge in [0.2, 0.25) is 0 Å². The number of aromatic amines is 1. The van der Waals surface area contributed by atoms with Gasteiger partial charge in [-0.25, -0.2) is 8.78 Å². The normalized spacial score (nSPS) is 10.7. The number of nitrogens with one attached hydrogen (secondary N) is 2. The Morgan fingerprint density at radius 1 is 1.24 bits per heavy atom. The maximum Gasteiger partial charge on any atom is 0.304 e. The number of benzene rings is 1. The zero-order valence-corrected chi connectivity index (χ0v) is 9.61. The summed E-state index contributed by atoms with van der Waals surface area (Å²) in [5.74, 6) is -1.70. The first-order valence-electron chi connectivity index (χ1n) is 4.96. The minimum atomic E-state index is -0.853. The van der Waals surface area contributed by atoms with Crippen LogP contribution in [0.2, 0.25) is 0 Å². The van der Waals surface area contributed by atoms with Gasteiger partial charge in [0.15, 0.2) is 11.6 Å². The SMILES string of the molecule is O=c1[nH]c(CNCc2ccc(F)c(F)c2)cs1. The first-order valence-corrected chi connectivity index (χ1v) is 5.84. The standard InChI is InChI=1S/C11H10F2N2OS/c12-9-2-1-7(3-10(9)13)4-14-5-8-6-17-11(16)15-8/h1-3,6,14H,4-5H2,(H,15,16). The molecule has 1 aromatic heterocycles. The summed E-state index contributed by atoms with van der Waals surface area (Å²) in [5.41, 5.74) is 1.43. The molecule has 0 fully saturated rings. The summed E-state index contributed by atoms with van der Waals surface area (Å²) >= 11 is 1.09. The maximum atomic E-state index is 12.9. The van der Waals surface area contributed by atoms with E-state index in [1.807, 2.05) is 0 Å². The van der Waals surface area contributed by atoms with Gasteiger partial charge in [-0.2, -0.15) is 0 Å². The second-order valence-corrected chi connectivity index (χ2v) is 4.37. The van der Waals surface area contributed by atoms with Crippen molar-refractivity contribution in [3.8, 4) is 0 Å². The van der Waals surface area contributed by atoms with Gasteiger partial charge in [0.25, 0.3) is 0 Å². The van der Waals surface area contributed by atoms with Crippen LogP contribution in [0.25, 0.3) is 0 Å². The Kier molecular flexibility index (Phi) is 3.65. The third-order valence-corrected chi connectivity index (χ3v) is 2.92. The van der Waals surface area contributed by atoms with Crippen molar-refractivity contribution in [2.24, 2.45) is 0 Å². The van der Waals surface area contributed by atoms with Gasteiger partial charge in [-0.3, -0.25) is 4.79 Å². The van der Waals surface area contributed by atoms with Crippen LogP contribution in [0.3, 0.4) is 0 Å². The molecule has 1 aromatic carbocycles. The topological polar surface area (TPSA) is 44.9 Å². The fourth-order valence-corrected chi connectivity index (χ4v) is 1.97. The van der Waals surface area contributed by atoms with Gasteiger partial charge in [0.1, 0.15) is 0 Å². The Morgan fingerprint density at radius 3 is 2.71 bits per heavy atom. The Morgan fingerprint density at radius 2 is 2.06 bits per heavy atom. The maximum absolute atomic E-state index is 12.9. The molecule has 0 saturated heterocycles. The van der Waals surface area contributed by atoms with E-state index >= 15 is 0 Å². The van der Waals surface area contributed by atoms with Crippen LogP contribution in [-0.4, -0.2) is 4.98 Å². The molecular formula is C11H10F2N2OS. The molecule has 2 N–H and O–H groups in total. The fraction of sp³-hybridized carbons (Fsp3) is 0.182. The van der Waals surface area contributed by atoms with E-state index in [-0.39, 0.29) is 4.87 Å². The summed E-state index contributed by atoms with van der Waals surface area (Å²) in [5, 5.41) is 4.75. The number of hydrogen-bond acceptors (Lipinski definition) is 3. The molecule has 1 heterocycles. The summed E-state index contributed by atoms with van der Waals surface area (Å²) in [6, 6.07) is 3.76. The van der Waals surface area contributed by atoms with Crippen LogP contribution in [-0.2, 0) is 13.1 Å². The van der Waals surface area contributed by atoms with Crippen molar-refractivity contribution in [2.45, 2.75) is 13.1 Å². The fourth-order valence-electron chi connectivity index (χ4n) is 1.39. The van der Waals surface area contributed by atoms with E-state index in [0.29, 0.717) is 18.7 Å². The van der Waals surface area contributed by atoms with Crippen LogP contribution in [0, 0.1) is 11.6 Å². The third kappa shape index (κ3) is 3.21. The zero-order chi connectivity index (χ0) is 12.3. The van der Waals surface area contributed by atoms with E-state index in [1.165, 1.54) is 6.07 Å². The molecule has 90 valence electrons. The average Bonchev–Trinajstić information content (AvgIpc) is 2.70. The highest BCUT2D eigenvalue weighted by Crippen LogP contribution is 2.08. The highest BCUT2D eigenvalue weighted by atomic mass is 32.1. The van der Waals surface area contributed by atoms with E-state index in [4.69, 9.17) is 0 Å². The van der Waals surface area contributed by atoms with Crippen LogP contribution in [0.5, 0.6) is 0 Å². The van der Waals surface area contributed by atoms with E-state index in [1.54, 1.807) is 5.38 Å². The summed E-state index contributed by atoms with van der Waals surface area (Å²) in [6.07, 6.45) is 0. The summed E-state index contributed by atoms with van der Waals surface area (Å²) in [6.45, 7) is 0.896. The van der Waals surface area contributed by atoms with E-state index < -0.39 is 11.6 Å². The van der Waals surface area contributed by atoms with Crippen LogP contribution in [0.1, 0.15) is 11.3 Å². The van der Waals surface area contributed by atoms with Gasteiger partial charge < -0.3 is 10.3 Å². The van der Waals surface area contributed by atoms with Crippen LogP contribution in [0.15, 0.2) is 28.4 Å². The van der Waals surface area contributed by atoms with E-state index in [2.05, 4.69) is 10.3 Å². The lowest BCUT2D eigenvalue weighted by Crippen LogP contribution is -2.14. The molecule has 3 nitrogen and oxygen atoms in total. The molecule has 0 spiro atoms. The predicted octanol–water partition coefficient (Wildman–Crippen LogP) is 2.00. The molecule has 2 aromatic rings. The number of H-pyrrole nitrogens is 1. The first kappa shape index (κ1) is 11.9. The monoisotopic (exact) mass is 256 g/mol. The molecule has 0 radical (unpaired) electrons. The van der Waals surface area contributed by atoms with E-state index in [9.17, 15) is 13.6 Å². The van der Waals surface area contributed by atoms with Crippen molar-refractivity contribution < 1.29 is 8.78 Å². The molecule has 17 heavy (non-hydrogen) atoms. The van der Waals surface area contributed by atoms with Gasteiger partial charge in [-0.05, 0) is 17.7 Å². The molecule has 0 unspecified atom stereocenters. The summed E-state index contributed by atoms with van der Waals surface area (Å²) < 4.78 is 25.5. The molecule has 6 heteroatoms.